The van der Waals surface area contributed by atoms with E-state index in [9.17, 15) is 22.8 Å². The molecule has 222 valence electrons. The summed E-state index contributed by atoms with van der Waals surface area (Å²) in [5, 5.41) is 9.14. The molecule has 1 aromatic heterocycles. The Morgan fingerprint density at radius 3 is 2.40 bits per heavy atom. The summed E-state index contributed by atoms with van der Waals surface area (Å²) in [7, 11) is -4.01. The summed E-state index contributed by atoms with van der Waals surface area (Å²) in [4.78, 5) is 36.9. The molecule has 4 aromatic rings. The summed E-state index contributed by atoms with van der Waals surface area (Å²) in [6.45, 7) is -0.595. The van der Waals surface area contributed by atoms with Gasteiger partial charge in [-0.25, -0.2) is 13.8 Å². The molecular formula is C29H25BrClN5O6S. The number of nitrogens with zero attached hydrogens (tertiary/aromatic N) is 2. The predicted octanol–water partition coefficient (Wildman–Crippen LogP) is 4.29. The molecule has 1 heterocycles. The van der Waals surface area contributed by atoms with Crippen molar-refractivity contribution in [2.45, 2.75) is 18.0 Å². The minimum atomic E-state index is -4.01. The second-order valence-electron chi connectivity index (χ2n) is 8.96. The van der Waals surface area contributed by atoms with Gasteiger partial charge in [0.15, 0.2) is 0 Å². The summed E-state index contributed by atoms with van der Waals surface area (Å²) in [6.07, 6.45) is 1.22. The number of furan rings is 1. The highest BCUT2D eigenvalue weighted by Gasteiger charge is 2.27. The lowest BCUT2D eigenvalue weighted by molar-refractivity contribution is -0.136. The number of carbonyl (C=O) groups is 3. The largest absolute Gasteiger partial charge is 0.458 e. The van der Waals surface area contributed by atoms with Gasteiger partial charge in [-0.15, -0.1) is 0 Å². The van der Waals surface area contributed by atoms with Gasteiger partial charge in [0.25, 0.3) is 5.91 Å². The van der Waals surface area contributed by atoms with Crippen LogP contribution in [0.4, 0.5) is 5.69 Å². The molecule has 0 saturated carbocycles. The van der Waals surface area contributed by atoms with Crippen LogP contribution in [0.3, 0.4) is 0 Å². The van der Waals surface area contributed by atoms with Crippen LogP contribution in [-0.2, 0) is 37.5 Å². The molecule has 0 fully saturated rings. The summed E-state index contributed by atoms with van der Waals surface area (Å²) < 4.78 is 34.0. The van der Waals surface area contributed by atoms with Gasteiger partial charge in [-0.3, -0.25) is 14.4 Å². The number of hydrogen-bond acceptors (Lipinski definition) is 7. The lowest BCUT2D eigenvalue weighted by atomic mass is 10.2. The van der Waals surface area contributed by atoms with Crippen LogP contribution in [0.2, 0.25) is 5.02 Å². The Kier molecular flexibility index (Phi) is 10.8. The van der Waals surface area contributed by atoms with Crippen LogP contribution in [0.1, 0.15) is 17.1 Å². The lowest BCUT2D eigenvalue weighted by Gasteiger charge is -2.21. The molecule has 0 aliphatic carbocycles. The van der Waals surface area contributed by atoms with Crippen LogP contribution < -0.4 is 16.1 Å². The number of anilines is 1. The summed E-state index contributed by atoms with van der Waals surface area (Å²) in [5.41, 5.74) is 3.39. The van der Waals surface area contributed by atoms with Gasteiger partial charge in [-0.05, 0) is 60.2 Å². The standard InChI is InChI=1S/C29H25BrClN5O6S/c30-21-9-13-26(14-10-21)43(40,41)36(18-20-5-2-1-3-6-20)19-27(37)35-33-17-25-12-11-24(42-25)16-32-28(38)29(39)34-23-8-4-7-22(31)15-23/h1-15,17H,16,18-19H2,(H,32,38)(H,34,39)(H,35,37)/b33-17-. The molecule has 3 amide bonds. The third-order valence-corrected chi connectivity index (χ3v) is 8.32. The molecule has 3 N–H and O–H groups in total. The first-order chi connectivity index (χ1) is 20.6. The van der Waals surface area contributed by atoms with E-state index in [1.54, 1.807) is 66.7 Å². The first-order valence-electron chi connectivity index (χ1n) is 12.6. The molecule has 4 rings (SSSR count). The van der Waals surface area contributed by atoms with Gasteiger partial charge < -0.3 is 15.1 Å². The van der Waals surface area contributed by atoms with Crippen LogP contribution in [0.5, 0.6) is 0 Å². The predicted molar refractivity (Wildman–Crippen MR) is 165 cm³/mol. The Bertz CT molecular complexity index is 1730. The van der Waals surface area contributed by atoms with E-state index < -0.39 is 34.3 Å². The number of rotatable bonds is 11. The van der Waals surface area contributed by atoms with Crippen LogP contribution in [0.25, 0.3) is 0 Å². The van der Waals surface area contributed by atoms with E-state index in [0.717, 1.165) is 8.78 Å². The van der Waals surface area contributed by atoms with E-state index >= 15 is 0 Å². The van der Waals surface area contributed by atoms with E-state index in [1.807, 2.05) is 6.07 Å². The molecule has 43 heavy (non-hydrogen) atoms. The first-order valence-corrected chi connectivity index (χ1v) is 15.3. The number of halogens is 2. The van der Waals surface area contributed by atoms with Crippen molar-refractivity contribution >= 4 is 67.2 Å². The van der Waals surface area contributed by atoms with Crippen LogP contribution >= 0.6 is 27.5 Å². The fraction of sp³-hybridized carbons (Fsp3) is 0.103. The van der Waals surface area contributed by atoms with Crippen molar-refractivity contribution < 1.29 is 27.2 Å². The Morgan fingerprint density at radius 2 is 1.67 bits per heavy atom. The van der Waals surface area contributed by atoms with E-state index in [0.29, 0.717) is 22.0 Å². The SMILES string of the molecule is O=C(CN(Cc1ccccc1)S(=O)(=O)c1ccc(Br)cc1)N/N=C\c1ccc(CNC(=O)C(=O)Nc2cccc(Cl)c2)o1. The molecule has 0 aliphatic rings. The maximum atomic E-state index is 13.4. The van der Waals surface area contributed by atoms with Gasteiger partial charge in [0, 0.05) is 21.7 Å². The van der Waals surface area contributed by atoms with Crippen molar-refractivity contribution in [2.75, 3.05) is 11.9 Å². The summed E-state index contributed by atoms with van der Waals surface area (Å²) >= 11 is 9.17. The maximum absolute atomic E-state index is 13.4. The van der Waals surface area contributed by atoms with Gasteiger partial charge in [0.1, 0.15) is 11.5 Å². The molecule has 0 radical (unpaired) electrons. The van der Waals surface area contributed by atoms with E-state index in [1.165, 1.54) is 24.4 Å². The minimum Gasteiger partial charge on any atom is -0.458 e. The van der Waals surface area contributed by atoms with Gasteiger partial charge in [-0.1, -0.05) is 63.9 Å². The Labute approximate surface area is 261 Å². The fourth-order valence-corrected chi connectivity index (χ4v) is 5.53. The molecular weight excluding hydrogens is 662 g/mol. The quantitative estimate of drug-likeness (QED) is 0.122. The molecule has 0 saturated heterocycles. The smallest absolute Gasteiger partial charge is 0.313 e. The third kappa shape index (κ3) is 9.35. The van der Waals surface area contributed by atoms with E-state index in [4.69, 9.17) is 16.0 Å². The number of carbonyl (C=O) groups excluding carboxylic acids is 3. The molecule has 0 unspecified atom stereocenters. The van der Waals surface area contributed by atoms with Crippen molar-refractivity contribution in [1.29, 1.82) is 0 Å². The lowest BCUT2D eigenvalue weighted by Crippen LogP contribution is -2.39. The van der Waals surface area contributed by atoms with Crippen molar-refractivity contribution in [3.05, 3.63) is 118 Å². The topological polar surface area (TPSA) is 150 Å². The average Bonchev–Trinajstić information content (AvgIpc) is 3.44. The normalized spacial score (nSPS) is 11.4. The zero-order chi connectivity index (χ0) is 30.8. The monoisotopic (exact) mass is 685 g/mol. The second kappa shape index (κ2) is 14.7. The highest BCUT2D eigenvalue weighted by Crippen LogP contribution is 2.21. The first kappa shape index (κ1) is 31.6. The maximum Gasteiger partial charge on any atom is 0.313 e. The van der Waals surface area contributed by atoms with Crippen LogP contribution in [-0.4, -0.2) is 43.2 Å². The zero-order valence-electron chi connectivity index (χ0n) is 22.4. The van der Waals surface area contributed by atoms with Crippen molar-refractivity contribution in [3.63, 3.8) is 0 Å². The molecule has 3 aromatic carbocycles. The van der Waals surface area contributed by atoms with E-state index in [-0.39, 0.29) is 23.7 Å². The molecule has 11 nitrogen and oxygen atoms in total. The van der Waals surface area contributed by atoms with Crippen LogP contribution in [0.15, 0.2) is 110 Å². The Balaban J connectivity index is 1.32. The van der Waals surface area contributed by atoms with Crippen molar-refractivity contribution in [3.8, 4) is 0 Å². The number of sulfonamides is 1. The minimum absolute atomic E-state index is 0.0270. The molecule has 0 aliphatic heterocycles. The number of benzene rings is 3. The van der Waals surface area contributed by atoms with Crippen LogP contribution in [0, 0.1) is 0 Å². The number of nitrogens with one attached hydrogen (secondary N) is 3. The third-order valence-electron chi connectivity index (χ3n) is 5.75. The Morgan fingerprint density at radius 1 is 0.930 bits per heavy atom. The fourth-order valence-electron chi connectivity index (χ4n) is 3.69. The van der Waals surface area contributed by atoms with Gasteiger partial charge in [0.2, 0.25) is 10.0 Å². The summed E-state index contributed by atoms with van der Waals surface area (Å²) in [6, 6.07) is 24.5. The average molecular weight is 687 g/mol. The number of hydrogen-bond donors (Lipinski definition) is 3. The van der Waals surface area contributed by atoms with Gasteiger partial charge in [-0.2, -0.15) is 9.41 Å². The van der Waals surface area contributed by atoms with Crippen molar-refractivity contribution in [2.24, 2.45) is 5.10 Å². The van der Waals surface area contributed by atoms with Gasteiger partial charge >= 0.3 is 11.8 Å². The second-order valence-corrected chi connectivity index (χ2v) is 12.2. The van der Waals surface area contributed by atoms with Gasteiger partial charge in [0.05, 0.1) is 24.2 Å². The molecule has 0 atom stereocenters. The molecule has 0 bridgehead atoms. The highest BCUT2D eigenvalue weighted by atomic mass is 79.9. The Hall–Kier alpha value is -4.30. The zero-order valence-corrected chi connectivity index (χ0v) is 25.5. The number of hydrazone groups is 1. The number of amides is 3. The molecule has 0 spiro atoms. The van der Waals surface area contributed by atoms with Crippen molar-refractivity contribution in [1.82, 2.24) is 15.0 Å². The highest BCUT2D eigenvalue weighted by molar-refractivity contribution is 9.10. The summed E-state index contributed by atoms with van der Waals surface area (Å²) in [5.74, 6) is -1.85. The van der Waals surface area contributed by atoms with E-state index in [2.05, 4.69) is 37.1 Å². The molecule has 14 heteroatoms.